The summed E-state index contributed by atoms with van der Waals surface area (Å²) < 4.78 is 70.4. The normalized spacial score (nSPS) is 13.3. The van der Waals surface area contributed by atoms with Crippen molar-refractivity contribution < 1.29 is 51.9 Å². The van der Waals surface area contributed by atoms with Gasteiger partial charge in [-0.2, -0.15) is 24.9 Å². The van der Waals surface area contributed by atoms with Crippen LogP contribution in [0.15, 0.2) is 150 Å². The lowest BCUT2D eigenvalue weighted by atomic mass is 10.2. The van der Waals surface area contributed by atoms with Gasteiger partial charge < -0.3 is 130 Å². The van der Waals surface area contributed by atoms with Crippen molar-refractivity contribution >= 4 is 125 Å². The predicted molar refractivity (Wildman–Crippen MR) is 513 cm³/mol. The smallest absolute Gasteiger partial charge is 0.222 e. The number of anilines is 10. The van der Waals surface area contributed by atoms with Crippen LogP contribution in [-0.2, 0) is 58.2 Å². The van der Waals surface area contributed by atoms with Gasteiger partial charge in [-0.05, 0) is 69.2 Å². The number of aryl methyl sites for hydroxylation is 1. The Balaban J connectivity index is 0.000000134. The Morgan fingerprint density at radius 3 is 1.24 bits per heavy atom. The molecule has 2 atom stereocenters. The van der Waals surface area contributed by atoms with Crippen LogP contribution >= 0.6 is 11.3 Å². The fraction of sp³-hybridized carbons (Fsp3) is 0.374. The van der Waals surface area contributed by atoms with E-state index in [4.69, 9.17) is 80.6 Å². The number of para-hydroxylation sites is 1. The zero-order valence-electron chi connectivity index (χ0n) is 76.0. The molecule has 15 N–H and O–H groups in total. The lowest BCUT2D eigenvalue weighted by Gasteiger charge is -2.16. The molecule has 0 bridgehead atoms. The number of rotatable bonds is 38. The number of benzene rings is 1. The van der Waals surface area contributed by atoms with E-state index in [-0.39, 0.29) is 36.0 Å². The molecule has 2 aliphatic heterocycles. The van der Waals surface area contributed by atoms with Crippen LogP contribution in [0, 0.1) is 6.92 Å². The van der Waals surface area contributed by atoms with Gasteiger partial charge in [0.1, 0.15) is 57.0 Å². The highest BCUT2D eigenvalue weighted by molar-refractivity contribution is 7.07. The molecule has 133 heavy (non-hydrogen) atoms. The first-order chi connectivity index (χ1) is 65.0. The number of hydrogen-bond donors (Lipinski definition) is 10. The SMILES string of the molecule is CCCCNc1nc(N)nc2ccn(Cc3cc(OC4CCOC4)c(OC)cn3)c12.CCCCNc1nc(N)nc2ccn(Cc3ccccc3OCC)c12.COCCNc1nc(N)nc2ccn(Cc3cc(OC4CCOC4)c(OC)cn3)c12.COCCNc1nc(N)nc2ccn(Cc3cscn3)c12.COc1cccc(Cn2ccc3nc(N)nc(NCc4cc(C)on4)c32)n1. The number of pyridine rings is 3. The van der Waals surface area contributed by atoms with E-state index >= 15 is 0 Å². The molecule has 2 unspecified atom stereocenters. The van der Waals surface area contributed by atoms with Crippen LogP contribution in [0.3, 0.4) is 0 Å². The third-order valence-corrected chi connectivity index (χ3v) is 21.7. The zero-order valence-corrected chi connectivity index (χ0v) is 76.8. The maximum Gasteiger partial charge on any atom is 0.222 e. The minimum atomic E-state index is 0.0227. The van der Waals surface area contributed by atoms with Crippen LogP contribution in [0.2, 0.25) is 0 Å². The van der Waals surface area contributed by atoms with Crippen molar-refractivity contribution in [2.24, 2.45) is 0 Å². The summed E-state index contributed by atoms with van der Waals surface area (Å²) in [6, 6.07) is 29.1. The third-order valence-electron chi connectivity index (χ3n) is 21.1. The van der Waals surface area contributed by atoms with Gasteiger partial charge in [0.15, 0.2) is 52.1 Å². The number of nitrogens with one attached hydrogen (secondary N) is 5. The van der Waals surface area contributed by atoms with Crippen molar-refractivity contribution in [2.75, 3.05) is 163 Å². The van der Waals surface area contributed by atoms with Gasteiger partial charge in [-0.1, -0.05) is 56.1 Å². The summed E-state index contributed by atoms with van der Waals surface area (Å²) in [4.78, 5) is 61.3. The molecule has 0 saturated carbocycles. The Labute approximate surface area is 771 Å². The molecule has 2 fully saturated rings. The molecular formula is C91H114N30O11S. The summed E-state index contributed by atoms with van der Waals surface area (Å²) in [5, 5.41) is 22.6. The number of nitrogens with two attached hydrogens (primary N) is 5. The van der Waals surface area contributed by atoms with Gasteiger partial charge in [-0.3, -0.25) is 9.97 Å². The predicted octanol–water partition coefficient (Wildman–Crippen LogP) is 12.2. The standard InChI is InChI=1S/C21H28N6O3.C20H26N6O4.C19H25N5O.C18H19N7O2.C13H16N6OS/c1-3-4-7-23-20-19-16(25-21(22)26-20)5-8-27(19)12-14-10-17(18(28-2)11-24-14)30-15-6-9-29-13-15;1-27-8-5-22-19-18-15(24-20(21)25-19)3-6-26(18)11-13-9-16(17(28-2)10-23-13)30-14-4-7-29-12-14;1-3-5-11-21-18-17-15(22-19(20)23-18)10-12-24(17)13-14-8-6-7-9-16(14)25-4-2;1-11-8-13(24-27-11)9-20-17-16-14(22-18(19)23-17)6-7-25(16)10-12-4-3-5-15(21-12)26-2;1-20-5-3-15-12-11-10(17-13(14)18-12)2-4-19(11)6-9-7-21-8-16-9/h5,8,10-11,15H,3-4,6-7,9,12-13H2,1-2H3,(H3,22,23,25,26);3,6,9-10,14H,4-5,7-8,11-12H2,1-2H3,(H3,21,22,24,25);6-10,12H,3-5,11,13H2,1-2H3,(H3,20,21,22,23);3-8H,9-10H2,1-2H3,(H3,19,20,22,23);2,4,7-8H,3,5-6H2,1H3,(H3,14,15,17,18). The van der Waals surface area contributed by atoms with E-state index in [1.165, 1.54) is 0 Å². The summed E-state index contributed by atoms with van der Waals surface area (Å²) in [6.07, 6.45) is 19.4. The Kier molecular flexibility index (Phi) is 33.1. The summed E-state index contributed by atoms with van der Waals surface area (Å²) in [6.45, 7) is 19.0. The first-order valence-corrected chi connectivity index (χ1v) is 44.8. The van der Waals surface area contributed by atoms with Crippen LogP contribution in [0.4, 0.5) is 58.8 Å². The molecule has 41 nitrogen and oxygen atoms in total. The molecule has 2 aliphatic rings. The first kappa shape index (κ1) is 94.4. The number of ether oxygens (including phenoxy) is 10. The topological polar surface area (TPSA) is 514 Å². The second-order valence-electron chi connectivity index (χ2n) is 30.8. The lowest BCUT2D eigenvalue weighted by Crippen LogP contribution is -2.16. The van der Waals surface area contributed by atoms with Crippen LogP contribution in [-0.4, -0.2) is 218 Å². The van der Waals surface area contributed by atoms with Crippen molar-refractivity contribution in [2.45, 2.75) is 118 Å². The summed E-state index contributed by atoms with van der Waals surface area (Å²) in [5.74, 6) is 9.55. The van der Waals surface area contributed by atoms with Gasteiger partial charge in [0.2, 0.25) is 35.6 Å². The van der Waals surface area contributed by atoms with E-state index in [9.17, 15) is 0 Å². The second kappa shape index (κ2) is 46.7. The van der Waals surface area contributed by atoms with Crippen LogP contribution in [0.1, 0.15) is 99.1 Å². The number of unbranched alkanes of at least 4 members (excludes halogenated alkanes) is 2. The molecule has 42 heteroatoms. The molecule has 2 saturated heterocycles. The fourth-order valence-corrected chi connectivity index (χ4v) is 15.4. The zero-order chi connectivity index (χ0) is 93.0. The molecule has 0 spiro atoms. The van der Waals surface area contributed by atoms with Gasteiger partial charge >= 0.3 is 0 Å². The highest BCUT2D eigenvalue weighted by atomic mass is 32.1. The van der Waals surface area contributed by atoms with Crippen molar-refractivity contribution in [3.05, 3.63) is 185 Å². The monoisotopic (exact) mass is 1830 g/mol. The largest absolute Gasteiger partial charge is 0.494 e. The van der Waals surface area contributed by atoms with E-state index in [2.05, 4.69) is 135 Å². The number of nitrogen functional groups attached to an aromatic ring is 5. The second-order valence-corrected chi connectivity index (χ2v) is 31.5. The van der Waals surface area contributed by atoms with Crippen LogP contribution in [0.25, 0.3) is 55.2 Å². The summed E-state index contributed by atoms with van der Waals surface area (Å²) in [5.41, 5.74) is 45.0. The van der Waals surface area contributed by atoms with Gasteiger partial charge in [-0.25, -0.2) is 34.9 Å². The minimum absolute atomic E-state index is 0.0227. The molecule has 0 aliphatic carbocycles. The number of nitrogens with zero attached hydrogens (tertiary/aromatic N) is 20. The highest BCUT2D eigenvalue weighted by Gasteiger charge is 2.25. The molecule has 16 aromatic rings. The number of aromatic nitrogens is 20. The quantitative estimate of drug-likeness (QED) is 0.0161. The van der Waals surface area contributed by atoms with Gasteiger partial charge in [0.05, 0.1) is 175 Å². The van der Waals surface area contributed by atoms with E-state index in [0.717, 1.165) is 176 Å². The molecular weight excluding hydrogens is 1720 g/mol. The fourth-order valence-electron chi connectivity index (χ4n) is 14.8. The Bertz CT molecular complexity index is 6270. The summed E-state index contributed by atoms with van der Waals surface area (Å²) >= 11 is 1.58. The Hall–Kier alpha value is -14.8. The van der Waals surface area contributed by atoms with E-state index in [1.54, 1.807) is 59.3 Å². The van der Waals surface area contributed by atoms with Gasteiger partial charge in [-0.15, -0.1) is 11.3 Å². The van der Waals surface area contributed by atoms with Crippen molar-refractivity contribution in [3.63, 3.8) is 0 Å². The average Bonchev–Trinajstić information content (AvgIpc) is 1.66. The number of thiazole rings is 1. The maximum atomic E-state index is 6.10. The molecule has 0 amide bonds. The molecule has 18 rings (SSSR count). The van der Waals surface area contributed by atoms with Crippen molar-refractivity contribution in [3.8, 4) is 34.6 Å². The lowest BCUT2D eigenvalue weighted by molar-refractivity contribution is 0.138. The third kappa shape index (κ3) is 25.1. The molecule has 15 aromatic heterocycles. The Morgan fingerprint density at radius 1 is 0.421 bits per heavy atom. The molecule has 0 radical (unpaired) electrons. The van der Waals surface area contributed by atoms with E-state index in [1.807, 2.05) is 150 Å². The van der Waals surface area contributed by atoms with Crippen molar-refractivity contribution in [1.29, 1.82) is 0 Å². The van der Waals surface area contributed by atoms with E-state index in [0.29, 0.717) is 138 Å². The van der Waals surface area contributed by atoms with Crippen molar-refractivity contribution in [1.82, 2.24) is 97.8 Å². The summed E-state index contributed by atoms with van der Waals surface area (Å²) in [7, 11) is 8.14. The van der Waals surface area contributed by atoms with Gasteiger partial charge in [0.25, 0.3) is 0 Å². The highest BCUT2D eigenvalue weighted by Crippen LogP contribution is 2.35. The maximum absolute atomic E-state index is 6.10. The minimum Gasteiger partial charge on any atom is -0.494 e. The van der Waals surface area contributed by atoms with Gasteiger partial charge in [0, 0.05) is 119 Å². The molecule has 700 valence electrons. The molecule has 1 aromatic carbocycles. The van der Waals surface area contributed by atoms with Crippen LogP contribution in [0.5, 0.6) is 34.6 Å². The number of hydrogen-bond acceptors (Lipinski definition) is 37. The Morgan fingerprint density at radius 2 is 0.850 bits per heavy atom. The average molecular weight is 1840 g/mol. The first-order valence-electron chi connectivity index (χ1n) is 43.8. The van der Waals surface area contributed by atoms with Crippen LogP contribution < -0.4 is 83.7 Å². The van der Waals surface area contributed by atoms with E-state index < -0.39 is 0 Å². The number of methoxy groups -OCH3 is 5. The molecule has 17 heterocycles. The number of fused-ring (bicyclic) bond motifs is 5.